The molecule has 0 aliphatic heterocycles. The van der Waals surface area contributed by atoms with Gasteiger partial charge in [0.25, 0.3) is 0 Å². The van der Waals surface area contributed by atoms with Crippen LogP contribution >= 0.6 is 15.9 Å². The molecule has 0 saturated carbocycles. The molecule has 0 saturated heterocycles. The van der Waals surface area contributed by atoms with Crippen LogP contribution in [0.2, 0.25) is 0 Å². The number of halogens is 1. The third-order valence-corrected chi connectivity index (χ3v) is 3.45. The number of nitrogens with one attached hydrogen (secondary N) is 1. The zero-order valence-electron chi connectivity index (χ0n) is 11.9. The third kappa shape index (κ3) is 5.34. The maximum atomic E-state index is 6.00. The smallest absolute Gasteiger partial charge is 0.126 e. The number of anilines is 1. The van der Waals surface area contributed by atoms with E-state index in [1.165, 1.54) is 0 Å². The van der Waals surface area contributed by atoms with Gasteiger partial charge in [0.05, 0.1) is 7.11 Å². The highest BCUT2D eigenvalue weighted by atomic mass is 79.9. The first-order valence-electron chi connectivity index (χ1n) is 6.65. The lowest BCUT2D eigenvalue weighted by Gasteiger charge is -2.17. The summed E-state index contributed by atoms with van der Waals surface area (Å²) in [7, 11) is 1.66. The summed E-state index contributed by atoms with van der Waals surface area (Å²) in [6.07, 6.45) is 1.76. The Kier molecular flexibility index (Phi) is 5.98. The summed E-state index contributed by atoms with van der Waals surface area (Å²) in [5.41, 5.74) is 1.15. The first kappa shape index (κ1) is 15.8. The number of pyridine rings is 1. The van der Waals surface area contributed by atoms with Gasteiger partial charge in [0.1, 0.15) is 11.6 Å². The Labute approximate surface area is 133 Å². The van der Waals surface area contributed by atoms with Gasteiger partial charge in [0, 0.05) is 30.3 Å². The quantitative estimate of drug-likeness (QED) is 0.593. The fourth-order valence-electron chi connectivity index (χ4n) is 1.85. The van der Waals surface area contributed by atoms with Crippen LogP contribution in [-0.4, -0.2) is 30.2 Å². The summed E-state index contributed by atoms with van der Waals surface area (Å²) in [5.74, 6) is 7.69. The van der Waals surface area contributed by atoms with E-state index in [2.05, 4.69) is 26.2 Å². The lowest BCUT2D eigenvalue weighted by molar-refractivity contribution is 0.286. The number of ether oxygens (including phenoxy) is 1. The van der Waals surface area contributed by atoms with Crippen LogP contribution in [0.3, 0.4) is 0 Å². The molecule has 3 N–H and O–H groups in total. The highest BCUT2D eigenvalue weighted by Crippen LogP contribution is 2.12. The lowest BCUT2D eigenvalue weighted by Crippen LogP contribution is -2.34. The molecule has 0 aliphatic carbocycles. The number of methoxy groups -OCH3 is 1. The van der Waals surface area contributed by atoms with E-state index in [4.69, 9.17) is 10.6 Å². The van der Waals surface area contributed by atoms with E-state index in [1.54, 1.807) is 18.3 Å². The van der Waals surface area contributed by atoms with Gasteiger partial charge in [-0.25, -0.2) is 9.99 Å². The number of hydrazine groups is 1. The fourth-order valence-corrected chi connectivity index (χ4v) is 2.09. The van der Waals surface area contributed by atoms with Crippen molar-refractivity contribution in [2.45, 2.75) is 6.54 Å². The molecule has 5 nitrogen and oxygen atoms in total. The van der Waals surface area contributed by atoms with E-state index in [0.717, 1.165) is 34.7 Å². The second-order valence-corrected chi connectivity index (χ2v) is 5.52. The SMILES string of the molecule is COc1ccc(CN(N)CCNc2ccc(Br)cn2)cc1. The van der Waals surface area contributed by atoms with Gasteiger partial charge in [-0.1, -0.05) is 12.1 Å². The molecule has 0 radical (unpaired) electrons. The van der Waals surface area contributed by atoms with Crippen molar-refractivity contribution in [1.82, 2.24) is 9.99 Å². The third-order valence-electron chi connectivity index (χ3n) is 2.98. The van der Waals surface area contributed by atoms with E-state index in [9.17, 15) is 0 Å². The Morgan fingerprint density at radius 2 is 2.00 bits per heavy atom. The zero-order chi connectivity index (χ0) is 15.1. The standard InChI is InChI=1S/C15H19BrN4O/c1-21-14-5-2-12(3-6-14)11-20(17)9-8-18-15-7-4-13(16)10-19-15/h2-7,10H,8-9,11,17H2,1H3,(H,18,19). The minimum absolute atomic E-state index is 0.694. The summed E-state index contributed by atoms with van der Waals surface area (Å²) < 4.78 is 6.10. The van der Waals surface area contributed by atoms with Crippen LogP contribution in [-0.2, 0) is 6.54 Å². The molecule has 0 atom stereocenters. The maximum absolute atomic E-state index is 6.00. The number of benzene rings is 1. The van der Waals surface area contributed by atoms with Crippen LogP contribution in [0.15, 0.2) is 47.1 Å². The van der Waals surface area contributed by atoms with E-state index >= 15 is 0 Å². The summed E-state index contributed by atoms with van der Waals surface area (Å²) in [4.78, 5) is 4.25. The Morgan fingerprint density at radius 3 is 2.62 bits per heavy atom. The number of nitrogens with two attached hydrogens (primary N) is 1. The van der Waals surface area contributed by atoms with Crippen molar-refractivity contribution in [3.8, 4) is 5.75 Å². The zero-order valence-corrected chi connectivity index (χ0v) is 13.5. The second-order valence-electron chi connectivity index (χ2n) is 4.61. The Morgan fingerprint density at radius 1 is 1.24 bits per heavy atom. The van der Waals surface area contributed by atoms with Crippen LogP contribution in [0.4, 0.5) is 5.82 Å². The summed E-state index contributed by atoms with van der Waals surface area (Å²) in [6, 6.07) is 11.8. The van der Waals surface area contributed by atoms with Crippen LogP contribution in [0.1, 0.15) is 5.56 Å². The Balaban J connectivity index is 1.73. The van der Waals surface area contributed by atoms with E-state index < -0.39 is 0 Å². The van der Waals surface area contributed by atoms with E-state index in [-0.39, 0.29) is 0 Å². The summed E-state index contributed by atoms with van der Waals surface area (Å²) in [5, 5.41) is 5.00. The Bertz CT molecular complexity index is 545. The second kappa shape index (κ2) is 7.97. The fraction of sp³-hybridized carbons (Fsp3) is 0.267. The van der Waals surface area contributed by atoms with Gasteiger partial charge in [-0.05, 0) is 45.8 Å². The molecule has 1 aromatic heterocycles. The number of nitrogens with zero attached hydrogens (tertiary/aromatic N) is 2. The van der Waals surface area contributed by atoms with Gasteiger partial charge < -0.3 is 10.1 Å². The first-order chi connectivity index (χ1) is 10.2. The van der Waals surface area contributed by atoms with Crippen LogP contribution in [0.5, 0.6) is 5.75 Å². The molecule has 1 aromatic carbocycles. The summed E-state index contributed by atoms with van der Waals surface area (Å²) >= 11 is 3.36. The van der Waals surface area contributed by atoms with E-state index in [0.29, 0.717) is 6.54 Å². The monoisotopic (exact) mass is 350 g/mol. The molecule has 0 bridgehead atoms. The van der Waals surface area contributed by atoms with Crippen molar-refractivity contribution in [2.24, 2.45) is 5.84 Å². The van der Waals surface area contributed by atoms with Crippen molar-refractivity contribution in [3.05, 3.63) is 52.6 Å². The van der Waals surface area contributed by atoms with Crippen LogP contribution in [0.25, 0.3) is 0 Å². The molecule has 0 amide bonds. The molecule has 6 heteroatoms. The molecule has 112 valence electrons. The average molecular weight is 351 g/mol. The molecule has 0 fully saturated rings. The van der Waals surface area contributed by atoms with Gasteiger partial charge >= 0.3 is 0 Å². The first-order valence-corrected chi connectivity index (χ1v) is 7.44. The van der Waals surface area contributed by atoms with Gasteiger partial charge in [0.15, 0.2) is 0 Å². The van der Waals surface area contributed by atoms with Gasteiger partial charge in [0.2, 0.25) is 0 Å². The van der Waals surface area contributed by atoms with Crippen LogP contribution < -0.4 is 15.9 Å². The van der Waals surface area contributed by atoms with E-state index in [1.807, 2.05) is 36.4 Å². The van der Waals surface area contributed by atoms with Gasteiger partial charge in [-0.2, -0.15) is 0 Å². The Hall–Kier alpha value is -1.63. The highest BCUT2D eigenvalue weighted by molar-refractivity contribution is 9.10. The maximum Gasteiger partial charge on any atom is 0.126 e. The molecule has 2 aromatic rings. The van der Waals surface area contributed by atoms with Crippen molar-refractivity contribution in [3.63, 3.8) is 0 Å². The van der Waals surface area contributed by atoms with Crippen LogP contribution in [0, 0.1) is 0 Å². The number of rotatable bonds is 7. The molecule has 1 heterocycles. The van der Waals surface area contributed by atoms with Crippen molar-refractivity contribution < 1.29 is 4.74 Å². The average Bonchev–Trinajstić information content (AvgIpc) is 2.50. The van der Waals surface area contributed by atoms with Gasteiger partial charge in [-0.3, -0.25) is 5.84 Å². The normalized spacial score (nSPS) is 10.7. The topological polar surface area (TPSA) is 63.4 Å². The van der Waals surface area contributed by atoms with Crippen molar-refractivity contribution >= 4 is 21.7 Å². The van der Waals surface area contributed by atoms with Crippen molar-refractivity contribution in [2.75, 3.05) is 25.5 Å². The molecule has 0 spiro atoms. The largest absolute Gasteiger partial charge is 0.497 e. The predicted octanol–water partition coefficient (Wildman–Crippen LogP) is 2.64. The molecule has 0 unspecified atom stereocenters. The highest BCUT2D eigenvalue weighted by Gasteiger charge is 2.02. The number of hydrogen-bond acceptors (Lipinski definition) is 5. The van der Waals surface area contributed by atoms with Crippen molar-refractivity contribution in [1.29, 1.82) is 0 Å². The molecule has 0 aliphatic rings. The number of aromatic nitrogens is 1. The predicted molar refractivity (Wildman–Crippen MR) is 88.0 cm³/mol. The molecule has 2 rings (SSSR count). The summed E-state index contributed by atoms with van der Waals surface area (Å²) in [6.45, 7) is 2.16. The minimum Gasteiger partial charge on any atom is -0.497 e. The molecular formula is C15H19BrN4O. The number of hydrogen-bond donors (Lipinski definition) is 2. The molecule has 21 heavy (non-hydrogen) atoms. The van der Waals surface area contributed by atoms with Gasteiger partial charge in [-0.15, -0.1) is 0 Å². The lowest BCUT2D eigenvalue weighted by atomic mass is 10.2. The minimum atomic E-state index is 0.694. The molecular weight excluding hydrogens is 332 g/mol.